The molecule has 0 aromatic heterocycles. The van der Waals surface area contributed by atoms with Gasteiger partial charge in [0.15, 0.2) is 0 Å². The van der Waals surface area contributed by atoms with E-state index in [4.69, 9.17) is 5.73 Å². The first-order valence-electron chi connectivity index (χ1n) is 7.16. The third kappa shape index (κ3) is 2.98. The van der Waals surface area contributed by atoms with Crippen LogP contribution in [0.2, 0.25) is 0 Å². The molecule has 2 heteroatoms. The summed E-state index contributed by atoms with van der Waals surface area (Å²) in [5, 5.41) is 0. The van der Waals surface area contributed by atoms with Crippen LogP contribution in [-0.4, -0.2) is 24.2 Å². The Morgan fingerprint density at radius 1 is 1.12 bits per heavy atom. The molecule has 2 fully saturated rings. The van der Waals surface area contributed by atoms with E-state index < -0.39 is 0 Å². The second-order valence-electron chi connectivity index (χ2n) is 6.21. The molecule has 1 aliphatic heterocycles. The molecule has 1 aliphatic carbocycles. The fourth-order valence-electron chi connectivity index (χ4n) is 3.42. The Kier molecular flexibility index (Phi) is 4.26. The number of rotatable bonds is 2. The minimum absolute atomic E-state index is 0.331. The molecule has 1 saturated carbocycles. The molecule has 4 unspecified atom stereocenters. The van der Waals surface area contributed by atoms with Crippen molar-refractivity contribution in [1.29, 1.82) is 0 Å². The Labute approximate surface area is 101 Å². The third-order valence-electron chi connectivity index (χ3n) is 4.78. The highest BCUT2D eigenvalue weighted by atomic mass is 15.2. The quantitative estimate of drug-likeness (QED) is 0.781. The predicted octanol–water partition coefficient (Wildman–Crippen LogP) is 2.83. The first kappa shape index (κ1) is 12.4. The predicted molar refractivity (Wildman–Crippen MR) is 69.1 cm³/mol. The van der Waals surface area contributed by atoms with Gasteiger partial charge >= 0.3 is 0 Å². The summed E-state index contributed by atoms with van der Waals surface area (Å²) in [6.45, 7) is 7.25. The molecule has 4 atom stereocenters. The number of hydrogen-bond donors (Lipinski definition) is 1. The zero-order valence-corrected chi connectivity index (χ0v) is 11.0. The molecule has 0 aromatic rings. The second-order valence-corrected chi connectivity index (χ2v) is 6.21. The number of nitrogens with two attached hydrogens (primary N) is 1. The van der Waals surface area contributed by atoms with Gasteiger partial charge in [-0.25, -0.2) is 0 Å². The Hall–Kier alpha value is -0.0800. The van der Waals surface area contributed by atoms with E-state index in [1.165, 1.54) is 51.6 Å². The monoisotopic (exact) mass is 224 g/mol. The van der Waals surface area contributed by atoms with E-state index in [0.29, 0.717) is 6.17 Å². The fourth-order valence-corrected chi connectivity index (χ4v) is 3.42. The first-order valence-corrected chi connectivity index (χ1v) is 7.16. The van der Waals surface area contributed by atoms with Gasteiger partial charge in [-0.05, 0) is 43.6 Å². The van der Waals surface area contributed by atoms with Crippen LogP contribution >= 0.6 is 0 Å². The van der Waals surface area contributed by atoms with Crippen molar-refractivity contribution in [3.63, 3.8) is 0 Å². The third-order valence-corrected chi connectivity index (χ3v) is 4.78. The van der Waals surface area contributed by atoms with E-state index >= 15 is 0 Å². The van der Waals surface area contributed by atoms with Crippen molar-refractivity contribution < 1.29 is 0 Å². The number of hydrogen-bond acceptors (Lipinski definition) is 2. The Balaban J connectivity index is 1.83. The van der Waals surface area contributed by atoms with Crippen molar-refractivity contribution in [1.82, 2.24) is 4.90 Å². The van der Waals surface area contributed by atoms with E-state index in [1.807, 2.05) is 0 Å². The molecule has 1 saturated heterocycles. The minimum Gasteiger partial charge on any atom is -0.316 e. The number of likely N-dealkylation sites (tertiary alicyclic amines) is 1. The maximum absolute atomic E-state index is 6.26. The molecular weight excluding hydrogens is 196 g/mol. The number of nitrogens with zero attached hydrogens (tertiary/aromatic N) is 1. The van der Waals surface area contributed by atoms with E-state index in [0.717, 1.165) is 17.8 Å². The molecule has 0 amide bonds. The topological polar surface area (TPSA) is 29.3 Å². The summed E-state index contributed by atoms with van der Waals surface area (Å²) in [7, 11) is 0. The fraction of sp³-hybridized carbons (Fsp3) is 1.00. The standard InChI is InChI=1S/C14H28N2/c1-11-7-8-16(14(15)9-11)10-13-6-4-3-5-12(13)2/h11-14H,3-10,15H2,1-2H3. The largest absolute Gasteiger partial charge is 0.316 e. The van der Waals surface area contributed by atoms with Gasteiger partial charge in [-0.2, -0.15) is 0 Å². The average Bonchev–Trinajstić information content (AvgIpc) is 2.25. The van der Waals surface area contributed by atoms with Gasteiger partial charge in [0.1, 0.15) is 0 Å². The van der Waals surface area contributed by atoms with Gasteiger partial charge in [-0.3, -0.25) is 4.90 Å². The maximum atomic E-state index is 6.26. The van der Waals surface area contributed by atoms with Crippen LogP contribution in [0.1, 0.15) is 52.4 Å². The Bertz CT molecular complexity index is 217. The lowest BCUT2D eigenvalue weighted by atomic mass is 9.79. The van der Waals surface area contributed by atoms with E-state index in [2.05, 4.69) is 18.7 Å². The highest BCUT2D eigenvalue weighted by Crippen LogP contribution is 2.31. The summed E-state index contributed by atoms with van der Waals surface area (Å²) < 4.78 is 0. The van der Waals surface area contributed by atoms with Gasteiger partial charge in [0.2, 0.25) is 0 Å². The molecule has 1 heterocycles. The van der Waals surface area contributed by atoms with Crippen LogP contribution in [0.3, 0.4) is 0 Å². The highest BCUT2D eigenvalue weighted by Gasteiger charge is 2.28. The van der Waals surface area contributed by atoms with Crippen LogP contribution in [0, 0.1) is 17.8 Å². The van der Waals surface area contributed by atoms with E-state index in [-0.39, 0.29) is 0 Å². The SMILES string of the molecule is CC1CCN(CC2CCCCC2C)C(N)C1. The lowest BCUT2D eigenvalue weighted by molar-refractivity contribution is 0.0780. The summed E-state index contributed by atoms with van der Waals surface area (Å²) in [5.74, 6) is 2.66. The van der Waals surface area contributed by atoms with E-state index in [9.17, 15) is 0 Å². The van der Waals surface area contributed by atoms with Crippen molar-refractivity contribution in [2.45, 2.75) is 58.5 Å². The lowest BCUT2D eigenvalue weighted by Gasteiger charge is -2.40. The molecule has 0 aromatic carbocycles. The molecule has 0 spiro atoms. The summed E-state index contributed by atoms with van der Waals surface area (Å²) in [6.07, 6.45) is 8.62. The van der Waals surface area contributed by atoms with Gasteiger partial charge in [0, 0.05) is 6.54 Å². The van der Waals surface area contributed by atoms with Crippen molar-refractivity contribution in [3.05, 3.63) is 0 Å². The van der Waals surface area contributed by atoms with E-state index in [1.54, 1.807) is 0 Å². The summed E-state index contributed by atoms with van der Waals surface area (Å²) in [5.41, 5.74) is 6.26. The van der Waals surface area contributed by atoms with Crippen LogP contribution in [0.4, 0.5) is 0 Å². The molecule has 2 N–H and O–H groups in total. The molecule has 0 radical (unpaired) electrons. The van der Waals surface area contributed by atoms with Crippen LogP contribution < -0.4 is 5.73 Å². The molecule has 2 aliphatic rings. The van der Waals surface area contributed by atoms with Gasteiger partial charge < -0.3 is 5.73 Å². The van der Waals surface area contributed by atoms with Crippen LogP contribution in [0.5, 0.6) is 0 Å². The zero-order chi connectivity index (χ0) is 11.5. The molecule has 94 valence electrons. The Morgan fingerprint density at radius 2 is 1.88 bits per heavy atom. The van der Waals surface area contributed by atoms with Crippen LogP contribution in [0.25, 0.3) is 0 Å². The molecule has 16 heavy (non-hydrogen) atoms. The Morgan fingerprint density at radius 3 is 2.56 bits per heavy atom. The normalized spacial score (nSPS) is 42.2. The van der Waals surface area contributed by atoms with Gasteiger partial charge in [-0.1, -0.05) is 33.1 Å². The van der Waals surface area contributed by atoms with Crippen molar-refractivity contribution >= 4 is 0 Å². The summed E-state index contributed by atoms with van der Waals surface area (Å²) in [6, 6.07) is 0. The minimum atomic E-state index is 0.331. The van der Waals surface area contributed by atoms with Crippen molar-refractivity contribution in [2.75, 3.05) is 13.1 Å². The lowest BCUT2D eigenvalue weighted by Crippen LogP contribution is -2.50. The van der Waals surface area contributed by atoms with Gasteiger partial charge in [-0.15, -0.1) is 0 Å². The maximum Gasteiger partial charge on any atom is 0.0574 e. The first-order chi connectivity index (χ1) is 7.66. The second kappa shape index (κ2) is 5.50. The highest BCUT2D eigenvalue weighted by molar-refractivity contribution is 4.81. The molecular formula is C14H28N2. The smallest absolute Gasteiger partial charge is 0.0574 e. The zero-order valence-electron chi connectivity index (χ0n) is 11.0. The average molecular weight is 224 g/mol. The van der Waals surface area contributed by atoms with Crippen molar-refractivity contribution in [2.24, 2.45) is 23.5 Å². The number of piperidine rings is 1. The van der Waals surface area contributed by atoms with Crippen LogP contribution in [0.15, 0.2) is 0 Å². The van der Waals surface area contributed by atoms with Gasteiger partial charge in [0.05, 0.1) is 6.17 Å². The van der Waals surface area contributed by atoms with Crippen molar-refractivity contribution in [3.8, 4) is 0 Å². The summed E-state index contributed by atoms with van der Waals surface area (Å²) >= 11 is 0. The summed E-state index contributed by atoms with van der Waals surface area (Å²) in [4.78, 5) is 2.55. The van der Waals surface area contributed by atoms with Gasteiger partial charge in [0.25, 0.3) is 0 Å². The van der Waals surface area contributed by atoms with Crippen LogP contribution in [-0.2, 0) is 0 Å². The molecule has 0 bridgehead atoms. The molecule has 2 nitrogen and oxygen atoms in total. The molecule has 2 rings (SSSR count).